The monoisotopic (exact) mass is 416 g/mol. The number of nitrogens with one attached hydrogen (secondary N) is 1. The first-order valence-corrected chi connectivity index (χ1v) is 9.33. The zero-order chi connectivity index (χ0) is 17.8. The number of nitrogens with zero attached hydrogens (tertiary/aromatic N) is 3. The molecular formula is C17H13BrN4O2S. The SMILES string of the molecule is N#Cc1ccc(NC(=O)C2CSCN2C(=O)c2cncc(Br)c2)cc1. The summed E-state index contributed by atoms with van der Waals surface area (Å²) in [5.74, 6) is 0.524. The van der Waals surface area contributed by atoms with E-state index >= 15 is 0 Å². The fourth-order valence-corrected chi connectivity index (χ4v) is 3.93. The lowest BCUT2D eigenvalue weighted by atomic mass is 10.2. The summed E-state index contributed by atoms with van der Waals surface area (Å²) in [6, 6.07) is 9.78. The Bertz CT molecular complexity index is 850. The average molecular weight is 417 g/mol. The summed E-state index contributed by atoms with van der Waals surface area (Å²) in [6.45, 7) is 0. The summed E-state index contributed by atoms with van der Waals surface area (Å²) >= 11 is 4.83. The first-order chi connectivity index (χ1) is 12.1. The molecule has 1 N–H and O–H groups in total. The Kier molecular flexibility index (Phi) is 5.36. The van der Waals surface area contributed by atoms with Crippen LogP contribution in [0.5, 0.6) is 0 Å². The number of carbonyl (C=O) groups is 2. The molecule has 3 rings (SSSR count). The molecule has 1 aromatic heterocycles. The van der Waals surface area contributed by atoms with Gasteiger partial charge in [0.25, 0.3) is 5.91 Å². The molecule has 1 aromatic carbocycles. The molecule has 126 valence electrons. The van der Waals surface area contributed by atoms with Crippen molar-refractivity contribution in [3.8, 4) is 6.07 Å². The van der Waals surface area contributed by atoms with Crippen LogP contribution in [0, 0.1) is 11.3 Å². The van der Waals surface area contributed by atoms with Gasteiger partial charge in [-0.3, -0.25) is 14.6 Å². The molecule has 0 aliphatic carbocycles. The van der Waals surface area contributed by atoms with Crippen LogP contribution in [-0.2, 0) is 4.79 Å². The number of hydrogen-bond acceptors (Lipinski definition) is 5. The smallest absolute Gasteiger partial charge is 0.256 e. The number of amides is 2. The van der Waals surface area contributed by atoms with E-state index in [2.05, 4.69) is 26.2 Å². The molecule has 2 aromatic rings. The molecule has 1 aliphatic rings. The Morgan fingerprint density at radius 1 is 1.32 bits per heavy atom. The van der Waals surface area contributed by atoms with Crippen LogP contribution < -0.4 is 5.32 Å². The second-order valence-electron chi connectivity index (χ2n) is 5.36. The van der Waals surface area contributed by atoms with E-state index in [1.807, 2.05) is 6.07 Å². The molecule has 8 heteroatoms. The van der Waals surface area contributed by atoms with E-state index in [1.165, 1.54) is 18.0 Å². The standard InChI is InChI=1S/C17H13BrN4O2S/c18-13-5-12(7-20-8-13)17(24)22-10-25-9-15(22)16(23)21-14-3-1-11(6-19)2-4-14/h1-5,7-8,15H,9-10H2,(H,21,23). The zero-order valence-corrected chi connectivity index (χ0v) is 15.4. The largest absolute Gasteiger partial charge is 0.324 e. The lowest BCUT2D eigenvalue weighted by Crippen LogP contribution is -2.44. The maximum absolute atomic E-state index is 12.7. The van der Waals surface area contributed by atoms with Gasteiger partial charge in [0.1, 0.15) is 6.04 Å². The third kappa shape index (κ3) is 4.00. The molecule has 2 heterocycles. The van der Waals surface area contributed by atoms with Gasteiger partial charge >= 0.3 is 0 Å². The molecule has 6 nitrogen and oxygen atoms in total. The summed E-state index contributed by atoms with van der Waals surface area (Å²) in [6.07, 6.45) is 3.09. The molecule has 25 heavy (non-hydrogen) atoms. The van der Waals surface area contributed by atoms with Crippen molar-refractivity contribution in [3.63, 3.8) is 0 Å². The van der Waals surface area contributed by atoms with Gasteiger partial charge in [-0.2, -0.15) is 5.26 Å². The van der Waals surface area contributed by atoms with Gasteiger partial charge in [0, 0.05) is 28.3 Å². The molecule has 0 spiro atoms. The highest BCUT2D eigenvalue weighted by atomic mass is 79.9. The van der Waals surface area contributed by atoms with Crippen LogP contribution in [0.4, 0.5) is 5.69 Å². The zero-order valence-electron chi connectivity index (χ0n) is 13.0. The van der Waals surface area contributed by atoms with Gasteiger partial charge in [-0.25, -0.2) is 0 Å². The topological polar surface area (TPSA) is 86.1 Å². The second kappa shape index (κ2) is 7.68. The Morgan fingerprint density at radius 3 is 2.76 bits per heavy atom. The molecule has 1 fully saturated rings. The molecule has 0 saturated carbocycles. The number of thioether (sulfide) groups is 1. The number of benzene rings is 1. The van der Waals surface area contributed by atoms with Gasteiger partial charge < -0.3 is 10.2 Å². The molecule has 1 aliphatic heterocycles. The minimum absolute atomic E-state index is 0.223. The average Bonchev–Trinajstić information content (AvgIpc) is 3.11. The third-order valence-electron chi connectivity index (χ3n) is 3.68. The normalized spacial score (nSPS) is 16.3. The summed E-state index contributed by atoms with van der Waals surface area (Å²) in [4.78, 5) is 30.8. The van der Waals surface area contributed by atoms with Gasteiger partial charge in [0.15, 0.2) is 0 Å². The van der Waals surface area contributed by atoms with Crippen LogP contribution in [0.25, 0.3) is 0 Å². The first-order valence-electron chi connectivity index (χ1n) is 7.39. The van der Waals surface area contributed by atoms with E-state index in [4.69, 9.17) is 5.26 Å². The summed E-state index contributed by atoms with van der Waals surface area (Å²) < 4.78 is 0.712. The summed E-state index contributed by atoms with van der Waals surface area (Å²) in [7, 11) is 0. The van der Waals surface area contributed by atoms with E-state index in [1.54, 1.807) is 41.4 Å². The molecular weight excluding hydrogens is 404 g/mol. The van der Waals surface area contributed by atoms with Crippen LogP contribution in [0.15, 0.2) is 47.2 Å². The number of aromatic nitrogens is 1. The van der Waals surface area contributed by atoms with Gasteiger partial charge in [-0.1, -0.05) is 0 Å². The quantitative estimate of drug-likeness (QED) is 0.830. The van der Waals surface area contributed by atoms with Crippen LogP contribution in [-0.4, -0.2) is 39.4 Å². The number of hydrogen-bond donors (Lipinski definition) is 1. The number of carbonyl (C=O) groups excluding carboxylic acids is 2. The Morgan fingerprint density at radius 2 is 2.08 bits per heavy atom. The lowest BCUT2D eigenvalue weighted by molar-refractivity contribution is -0.119. The minimum atomic E-state index is -0.549. The molecule has 0 bridgehead atoms. The maximum atomic E-state index is 12.7. The Labute approximate surface area is 157 Å². The molecule has 1 atom stereocenters. The highest BCUT2D eigenvalue weighted by Gasteiger charge is 2.35. The van der Waals surface area contributed by atoms with Crippen molar-refractivity contribution in [1.29, 1.82) is 5.26 Å². The number of halogens is 1. The van der Waals surface area contributed by atoms with Crippen molar-refractivity contribution in [3.05, 3.63) is 58.3 Å². The number of nitriles is 1. The van der Waals surface area contributed by atoms with Crippen molar-refractivity contribution in [2.45, 2.75) is 6.04 Å². The Balaban J connectivity index is 1.73. The van der Waals surface area contributed by atoms with E-state index in [-0.39, 0.29) is 11.8 Å². The molecule has 0 radical (unpaired) electrons. The van der Waals surface area contributed by atoms with Crippen LogP contribution in [0.3, 0.4) is 0 Å². The summed E-state index contributed by atoms with van der Waals surface area (Å²) in [5, 5.41) is 11.6. The molecule has 2 amide bonds. The summed E-state index contributed by atoms with van der Waals surface area (Å²) in [5.41, 5.74) is 1.55. The predicted octanol–water partition coefficient (Wildman–Crippen LogP) is 2.87. The Hall–Kier alpha value is -2.37. The van der Waals surface area contributed by atoms with Crippen molar-refractivity contribution < 1.29 is 9.59 Å². The fourth-order valence-electron chi connectivity index (χ4n) is 2.41. The van der Waals surface area contributed by atoms with Gasteiger partial charge in [-0.05, 0) is 46.3 Å². The highest BCUT2D eigenvalue weighted by molar-refractivity contribution is 9.10. The highest BCUT2D eigenvalue weighted by Crippen LogP contribution is 2.25. The number of anilines is 1. The lowest BCUT2D eigenvalue weighted by Gasteiger charge is -2.23. The van der Waals surface area contributed by atoms with E-state index in [9.17, 15) is 9.59 Å². The van der Waals surface area contributed by atoms with Crippen molar-refractivity contribution >= 4 is 45.2 Å². The second-order valence-corrected chi connectivity index (χ2v) is 7.28. The van der Waals surface area contributed by atoms with Crippen LogP contribution in [0.1, 0.15) is 15.9 Å². The number of pyridine rings is 1. The van der Waals surface area contributed by atoms with Gasteiger partial charge in [0.05, 0.1) is 23.1 Å². The molecule has 1 unspecified atom stereocenters. The van der Waals surface area contributed by atoms with E-state index < -0.39 is 6.04 Å². The maximum Gasteiger partial charge on any atom is 0.256 e. The fraction of sp³-hybridized carbons (Fsp3) is 0.176. The molecule has 1 saturated heterocycles. The van der Waals surface area contributed by atoms with Crippen molar-refractivity contribution in [2.24, 2.45) is 0 Å². The minimum Gasteiger partial charge on any atom is -0.324 e. The van der Waals surface area contributed by atoms with Crippen LogP contribution in [0.2, 0.25) is 0 Å². The van der Waals surface area contributed by atoms with Crippen molar-refractivity contribution in [2.75, 3.05) is 16.9 Å². The van der Waals surface area contributed by atoms with Crippen LogP contribution >= 0.6 is 27.7 Å². The van der Waals surface area contributed by atoms with E-state index in [0.29, 0.717) is 32.9 Å². The predicted molar refractivity (Wildman–Crippen MR) is 99.0 cm³/mol. The van der Waals surface area contributed by atoms with E-state index in [0.717, 1.165) is 0 Å². The first kappa shape index (κ1) is 17.5. The van der Waals surface area contributed by atoms with Gasteiger partial charge in [0.2, 0.25) is 5.91 Å². The van der Waals surface area contributed by atoms with Gasteiger partial charge in [-0.15, -0.1) is 11.8 Å². The number of rotatable bonds is 3. The van der Waals surface area contributed by atoms with Crippen molar-refractivity contribution in [1.82, 2.24) is 9.88 Å². The third-order valence-corrected chi connectivity index (χ3v) is 5.13.